The highest BCUT2D eigenvalue weighted by molar-refractivity contribution is 9.10. The van der Waals surface area contributed by atoms with E-state index in [-0.39, 0.29) is 17.7 Å². The molecule has 26 heavy (non-hydrogen) atoms. The first kappa shape index (κ1) is 18.7. The molecule has 2 aromatic carbocycles. The van der Waals surface area contributed by atoms with Crippen molar-refractivity contribution in [2.45, 2.75) is 18.2 Å². The molecule has 0 saturated heterocycles. The molecule has 1 unspecified atom stereocenters. The molecule has 1 heterocycles. The average Bonchev–Trinajstić information content (AvgIpc) is 3.14. The summed E-state index contributed by atoms with van der Waals surface area (Å²) in [4.78, 5) is 14.2. The number of thioether (sulfide) groups is 1. The Morgan fingerprint density at radius 2 is 1.85 bits per heavy atom. The van der Waals surface area contributed by atoms with E-state index >= 15 is 0 Å². The molecule has 0 aliphatic carbocycles. The maximum Gasteiger partial charge on any atom is 0.277 e. The van der Waals surface area contributed by atoms with Gasteiger partial charge in [0.05, 0.1) is 17.4 Å². The van der Waals surface area contributed by atoms with E-state index in [1.807, 2.05) is 61.5 Å². The van der Waals surface area contributed by atoms with Gasteiger partial charge in [0.25, 0.3) is 5.22 Å². The monoisotopic (exact) mass is 431 g/mol. The summed E-state index contributed by atoms with van der Waals surface area (Å²) in [6, 6.07) is 17.6. The highest BCUT2D eigenvalue weighted by Gasteiger charge is 2.19. The molecule has 3 aromatic rings. The third-order valence-electron chi connectivity index (χ3n) is 4.09. The molecule has 0 saturated carbocycles. The highest BCUT2D eigenvalue weighted by Crippen LogP contribution is 2.29. The van der Waals surface area contributed by atoms with Gasteiger partial charge >= 0.3 is 0 Å². The van der Waals surface area contributed by atoms with Gasteiger partial charge < -0.3 is 9.32 Å². The predicted octanol–water partition coefficient (Wildman–Crippen LogP) is 4.81. The van der Waals surface area contributed by atoms with E-state index in [0.29, 0.717) is 11.1 Å². The Bertz CT molecular complexity index is 885. The summed E-state index contributed by atoms with van der Waals surface area (Å²) in [7, 11) is 1.81. The van der Waals surface area contributed by atoms with E-state index in [2.05, 4.69) is 26.1 Å². The van der Waals surface area contributed by atoms with E-state index < -0.39 is 0 Å². The fraction of sp³-hybridized carbons (Fsp3) is 0.211. The zero-order chi connectivity index (χ0) is 18.5. The SMILES string of the molecule is CC(c1ccccc1)N(C)C(=O)CSc1nnc(-c2ccccc2Br)o1. The van der Waals surface area contributed by atoms with Gasteiger partial charge in [0.1, 0.15) is 0 Å². The number of carbonyl (C=O) groups excluding carboxylic acids is 1. The van der Waals surface area contributed by atoms with Crippen molar-refractivity contribution >= 4 is 33.6 Å². The molecule has 0 radical (unpaired) electrons. The number of aromatic nitrogens is 2. The Hall–Kier alpha value is -2.12. The summed E-state index contributed by atoms with van der Waals surface area (Å²) >= 11 is 4.71. The Balaban J connectivity index is 1.61. The number of nitrogens with zero attached hydrogens (tertiary/aromatic N) is 3. The molecule has 134 valence electrons. The smallest absolute Gasteiger partial charge is 0.277 e. The maximum atomic E-state index is 12.5. The first-order valence-corrected chi connectivity index (χ1v) is 9.86. The fourth-order valence-corrected chi connectivity index (χ4v) is 3.55. The zero-order valence-corrected chi connectivity index (χ0v) is 16.8. The molecule has 5 nitrogen and oxygen atoms in total. The van der Waals surface area contributed by atoms with Gasteiger partial charge in [-0.25, -0.2) is 0 Å². The molecule has 0 bridgehead atoms. The van der Waals surface area contributed by atoms with E-state index in [4.69, 9.17) is 4.42 Å². The number of carbonyl (C=O) groups is 1. The average molecular weight is 432 g/mol. The second kappa shape index (κ2) is 8.51. The number of hydrogen-bond acceptors (Lipinski definition) is 5. The van der Waals surface area contributed by atoms with Crippen LogP contribution >= 0.6 is 27.7 Å². The lowest BCUT2D eigenvalue weighted by Crippen LogP contribution is -2.31. The van der Waals surface area contributed by atoms with Crippen LogP contribution < -0.4 is 0 Å². The second-order valence-electron chi connectivity index (χ2n) is 5.73. The standard InChI is InChI=1S/C19H18BrN3O2S/c1-13(14-8-4-3-5-9-14)23(2)17(24)12-26-19-22-21-18(25-19)15-10-6-7-11-16(15)20/h3-11,13H,12H2,1-2H3. The topological polar surface area (TPSA) is 59.2 Å². The van der Waals surface area contributed by atoms with Crippen LogP contribution in [0.15, 0.2) is 68.7 Å². The third kappa shape index (κ3) is 4.34. The molecule has 7 heteroatoms. The molecule has 3 rings (SSSR count). The van der Waals surface area contributed by atoms with Gasteiger partial charge in [-0.05, 0) is 40.5 Å². The van der Waals surface area contributed by atoms with Gasteiger partial charge in [0, 0.05) is 11.5 Å². The van der Waals surface area contributed by atoms with E-state index in [1.54, 1.807) is 11.9 Å². The lowest BCUT2D eigenvalue weighted by molar-refractivity contribution is -0.128. The Morgan fingerprint density at radius 1 is 1.15 bits per heavy atom. The quantitative estimate of drug-likeness (QED) is 0.524. The first-order chi connectivity index (χ1) is 12.6. The van der Waals surface area contributed by atoms with Crippen molar-refractivity contribution in [1.29, 1.82) is 0 Å². The van der Waals surface area contributed by atoms with Crippen LogP contribution in [0.5, 0.6) is 0 Å². The van der Waals surface area contributed by atoms with Crippen LogP contribution in [-0.4, -0.2) is 33.8 Å². The second-order valence-corrected chi connectivity index (χ2v) is 7.51. The summed E-state index contributed by atoms with van der Waals surface area (Å²) < 4.78 is 6.55. The minimum Gasteiger partial charge on any atom is -0.411 e. The molecule has 1 amide bonds. The summed E-state index contributed by atoms with van der Waals surface area (Å²) in [5.74, 6) is 0.677. The lowest BCUT2D eigenvalue weighted by atomic mass is 10.1. The van der Waals surface area contributed by atoms with Crippen LogP contribution in [-0.2, 0) is 4.79 Å². The predicted molar refractivity (Wildman–Crippen MR) is 106 cm³/mol. The van der Waals surface area contributed by atoms with Gasteiger partial charge in [-0.2, -0.15) is 0 Å². The normalized spacial score (nSPS) is 12.0. The zero-order valence-electron chi connectivity index (χ0n) is 14.4. The van der Waals surface area contributed by atoms with Gasteiger partial charge in [0.2, 0.25) is 11.8 Å². The van der Waals surface area contributed by atoms with Crippen LogP contribution in [0.1, 0.15) is 18.5 Å². The van der Waals surface area contributed by atoms with E-state index in [0.717, 1.165) is 15.6 Å². The van der Waals surface area contributed by atoms with Gasteiger partial charge in [-0.1, -0.05) is 54.2 Å². The summed E-state index contributed by atoms with van der Waals surface area (Å²) in [5, 5.41) is 8.46. The van der Waals surface area contributed by atoms with Gasteiger partial charge in [0.15, 0.2) is 0 Å². The van der Waals surface area contributed by atoms with Crippen LogP contribution in [0, 0.1) is 0 Å². The molecule has 1 atom stereocenters. The van der Waals surface area contributed by atoms with Crippen molar-refractivity contribution in [3.63, 3.8) is 0 Å². The number of hydrogen-bond donors (Lipinski definition) is 0. The molecule has 0 fully saturated rings. The summed E-state index contributed by atoms with van der Waals surface area (Å²) in [5.41, 5.74) is 1.93. The Morgan fingerprint density at radius 3 is 2.58 bits per heavy atom. The first-order valence-electron chi connectivity index (χ1n) is 8.08. The van der Waals surface area contributed by atoms with Gasteiger partial charge in [-0.3, -0.25) is 4.79 Å². The van der Waals surface area contributed by atoms with Crippen LogP contribution in [0.25, 0.3) is 11.5 Å². The van der Waals surface area contributed by atoms with Crippen LogP contribution in [0.3, 0.4) is 0 Å². The highest BCUT2D eigenvalue weighted by atomic mass is 79.9. The number of rotatable bonds is 6. The molecular formula is C19H18BrN3O2S. The fourth-order valence-electron chi connectivity index (χ4n) is 2.41. The summed E-state index contributed by atoms with van der Waals surface area (Å²) in [6.07, 6.45) is 0. The van der Waals surface area contributed by atoms with Crippen molar-refractivity contribution in [1.82, 2.24) is 15.1 Å². The number of benzene rings is 2. The van der Waals surface area contributed by atoms with Crippen LogP contribution in [0.2, 0.25) is 0 Å². The summed E-state index contributed by atoms with van der Waals surface area (Å²) in [6.45, 7) is 2.01. The minimum atomic E-state index is 0.00261. The molecule has 1 aromatic heterocycles. The molecule has 0 aliphatic heterocycles. The Kier molecular flexibility index (Phi) is 6.11. The van der Waals surface area contributed by atoms with Crippen molar-refractivity contribution < 1.29 is 9.21 Å². The molecular weight excluding hydrogens is 414 g/mol. The maximum absolute atomic E-state index is 12.5. The lowest BCUT2D eigenvalue weighted by Gasteiger charge is -2.25. The molecule has 0 N–H and O–H groups in total. The van der Waals surface area contributed by atoms with Crippen molar-refractivity contribution in [3.05, 3.63) is 64.6 Å². The minimum absolute atomic E-state index is 0.00261. The number of halogens is 1. The van der Waals surface area contributed by atoms with E-state index in [1.165, 1.54) is 11.8 Å². The molecule has 0 aliphatic rings. The number of amides is 1. The van der Waals surface area contributed by atoms with Crippen LogP contribution in [0.4, 0.5) is 0 Å². The van der Waals surface area contributed by atoms with E-state index in [9.17, 15) is 4.79 Å². The van der Waals surface area contributed by atoms with Gasteiger partial charge in [-0.15, -0.1) is 10.2 Å². The largest absolute Gasteiger partial charge is 0.411 e. The Labute approximate surface area is 164 Å². The van der Waals surface area contributed by atoms with Crippen molar-refractivity contribution in [3.8, 4) is 11.5 Å². The third-order valence-corrected chi connectivity index (χ3v) is 5.58. The van der Waals surface area contributed by atoms with Crippen molar-refractivity contribution in [2.24, 2.45) is 0 Å². The van der Waals surface area contributed by atoms with Crippen molar-refractivity contribution in [2.75, 3.05) is 12.8 Å². The molecule has 0 spiro atoms.